The lowest BCUT2D eigenvalue weighted by molar-refractivity contribution is 1.18. The van der Waals surface area contributed by atoms with Crippen LogP contribution in [0.25, 0.3) is 122 Å². The van der Waals surface area contributed by atoms with Gasteiger partial charge in [-0.15, -0.1) is 0 Å². The molecule has 0 saturated carbocycles. The Hall–Kier alpha value is -10.5. The van der Waals surface area contributed by atoms with E-state index in [2.05, 4.69) is 325 Å². The van der Waals surface area contributed by atoms with Crippen molar-refractivity contribution in [3.8, 4) is 33.6 Å². The van der Waals surface area contributed by atoms with E-state index in [0.29, 0.717) is 0 Å². The van der Waals surface area contributed by atoms with Crippen LogP contribution in [-0.4, -0.2) is 9.13 Å². The maximum Gasteiger partial charge on any atom is 0.0541 e. The van der Waals surface area contributed by atoms with Gasteiger partial charge in [-0.25, -0.2) is 0 Å². The van der Waals surface area contributed by atoms with Crippen molar-refractivity contribution in [2.75, 3.05) is 0 Å². The van der Waals surface area contributed by atoms with Crippen LogP contribution < -0.4 is 0 Å². The molecule has 0 fully saturated rings. The molecule has 15 aromatic rings. The zero-order valence-corrected chi connectivity index (χ0v) is 43.9. The monoisotopic (exact) mass is 1020 g/mol. The zero-order chi connectivity index (χ0) is 52.9. The molecule has 0 spiro atoms. The van der Waals surface area contributed by atoms with Crippen LogP contribution >= 0.6 is 0 Å². The summed E-state index contributed by atoms with van der Waals surface area (Å²) < 4.78 is 4.75. The molecule has 0 aliphatic heterocycles. The molecule has 13 aromatic carbocycles. The Morgan fingerprint density at radius 1 is 0.225 bits per heavy atom. The molecular formula is C78H52N2. The van der Waals surface area contributed by atoms with Crippen LogP contribution in [-0.2, 0) is 0 Å². The highest BCUT2D eigenvalue weighted by atomic mass is 15.0. The lowest BCUT2D eigenvalue weighted by Gasteiger charge is -2.18. The Morgan fingerprint density at radius 2 is 0.512 bits per heavy atom. The molecule has 0 N–H and O–H groups in total. The second-order valence-electron chi connectivity index (χ2n) is 20.8. The van der Waals surface area contributed by atoms with E-state index < -0.39 is 0 Å². The van der Waals surface area contributed by atoms with E-state index in [9.17, 15) is 0 Å². The SMILES string of the molecule is C(=C(/c1ccccc1)c1ccc(-c2c3ccccc3c(-c3ccc(/C(=C/c4ccc5c(c4)c4ccccc4n5-c4ccccc4)c4ccccc4)cc3)c3ccccc23)cc1)/c1ccc2c(c1)c1ccccc1n2-c1ccccc1. The summed E-state index contributed by atoms with van der Waals surface area (Å²) in [7, 11) is 0. The van der Waals surface area contributed by atoms with Crippen LogP contribution in [0.4, 0.5) is 0 Å². The first-order valence-electron chi connectivity index (χ1n) is 27.6. The third-order valence-corrected chi connectivity index (χ3v) is 16.1. The Morgan fingerprint density at radius 3 is 0.875 bits per heavy atom. The van der Waals surface area contributed by atoms with Crippen LogP contribution in [0, 0.1) is 0 Å². The first-order chi connectivity index (χ1) is 39.7. The van der Waals surface area contributed by atoms with Gasteiger partial charge in [-0.2, -0.15) is 0 Å². The number of hydrogen-bond donors (Lipinski definition) is 0. The second-order valence-corrected chi connectivity index (χ2v) is 20.8. The molecule has 2 heteroatoms. The third kappa shape index (κ3) is 8.13. The van der Waals surface area contributed by atoms with E-state index in [-0.39, 0.29) is 0 Å². The van der Waals surface area contributed by atoms with Crippen molar-refractivity contribution in [1.29, 1.82) is 0 Å². The second kappa shape index (κ2) is 19.8. The lowest BCUT2D eigenvalue weighted by atomic mass is 9.85. The third-order valence-electron chi connectivity index (χ3n) is 16.1. The fourth-order valence-electron chi connectivity index (χ4n) is 12.5. The number of nitrogens with zero attached hydrogens (tertiary/aromatic N) is 2. The molecule has 2 heterocycles. The average Bonchev–Trinajstić information content (AvgIpc) is 4.05. The fourth-order valence-corrected chi connectivity index (χ4v) is 12.5. The number of benzene rings is 13. The Bertz CT molecular complexity index is 4500. The molecule has 0 bridgehead atoms. The van der Waals surface area contributed by atoms with Crippen molar-refractivity contribution in [2.24, 2.45) is 0 Å². The molecule has 0 aliphatic rings. The average molecular weight is 1020 g/mol. The standard InChI is InChI=1S/C78H52N2/c1-5-21-55(22-6-1)69(49-53-37-47-75-71(51-53)63-29-17-19-35-73(63)79(75)61-25-9-3-10-26-61)57-39-43-59(44-40-57)77-65-31-13-15-33-67(65)78(68-34-16-14-32-66(68)77)60-45-41-58(42-46-60)70(56-23-7-2-8-24-56)50-54-38-48-76-72(52-54)64-30-18-20-36-74(64)80(76)62-27-11-4-12-28-62/h1-52H/b69-49+,70-50+. The van der Waals surface area contributed by atoms with Gasteiger partial charge in [0, 0.05) is 32.9 Å². The highest BCUT2D eigenvalue weighted by molar-refractivity contribution is 6.21. The van der Waals surface area contributed by atoms with E-state index >= 15 is 0 Å². The minimum Gasteiger partial charge on any atom is -0.309 e. The maximum atomic E-state index is 2.38. The number of rotatable bonds is 10. The molecule has 0 saturated heterocycles. The Labute approximate surface area is 465 Å². The van der Waals surface area contributed by atoms with Crippen molar-refractivity contribution in [3.05, 3.63) is 337 Å². The summed E-state index contributed by atoms with van der Waals surface area (Å²) in [6, 6.07) is 111. The van der Waals surface area contributed by atoms with E-state index in [1.54, 1.807) is 0 Å². The minimum absolute atomic E-state index is 1.16. The van der Waals surface area contributed by atoms with Gasteiger partial charge >= 0.3 is 0 Å². The highest BCUT2D eigenvalue weighted by Gasteiger charge is 2.19. The van der Waals surface area contributed by atoms with Gasteiger partial charge in [0.1, 0.15) is 0 Å². The summed E-state index contributed by atoms with van der Waals surface area (Å²) in [6.45, 7) is 0. The first kappa shape index (κ1) is 46.7. The molecule has 80 heavy (non-hydrogen) atoms. The van der Waals surface area contributed by atoms with Crippen molar-refractivity contribution < 1.29 is 0 Å². The zero-order valence-electron chi connectivity index (χ0n) is 43.9. The quantitative estimate of drug-likeness (QED) is 0.0954. The summed E-state index contributed by atoms with van der Waals surface area (Å²) >= 11 is 0. The maximum absolute atomic E-state index is 2.38. The summed E-state index contributed by atoms with van der Waals surface area (Å²) in [4.78, 5) is 0. The molecule has 2 aromatic heterocycles. The predicted molar refractivity (Wildman–Crippen MR) is 341 cm³/mol. The van der Waals surface area contributed by atoms with Gasteiger partial charge in [0.15, 0.2) is 0 Å². The number of para-hydroxylation sites is 4. The van der Waals surface area contributed by atoms with Gasteiger partial charge in [0.2, 0.25) is 0 Å². The molecule has 374 valence electrons. The van der Waals surface area contributed by atoms with Crippen LogP contribution in [0.2, 0.25) is 0 Å². The van der Waals surface area contributed by atoms with Crippen LogP contribution in [0.5, 0.6) is 0 Å². The lowest BCUT2D eigenvalue weighted by Crippen LogP contribution is -1.93. The molecule has 0 atom stereocenters. The highest BCUT2D eigenvalue weighted by Crippen LogP contribution is 2.45. The molecule has 2 nitrogen and oxygen atoms in total. The van der Waals surface area contributed by atoms with Crippen molar-refractivity contribution in [2.45, 2.75) is 0 Å². The van der Waals surface area contributed by atoms with Gasteiger partial charge in [-0.3, -0.25) is 0 Å². The molecule has 0 unspecified atom stereocenters. The smallest absolute Gasteiger partial charge is 0.0541 e. The van der Waals surface area contributed by atoms with Gasteiger partial charge in [-0.05, 0) is 161 Å². The molecule has 0 amide bonds. The summed E-state index contributed by atoms with van der Waals surface area (Å²) in [5, 5.41) is 9.89. The fraction of sp³-hybridized carbons (Fsp3) is 0. The Balaban J connectivity index is 0.810. The van der Waals surface area contributed by atoms with Crippen LogP contribution in [0.1, 0.15) is 33.4 Å². The number of hydrogen-bond acceptors (Lipinski definition) is 0. The first-order valence-corrected chi connectivity index (χ1v) is 27.6. The van der Waals surface area contributed by atoms with E-state index in [1.165, 1.54) is 110 Å². The van der Waals surface area contributed by atoms with Gasteiger partial charge in [-0.1, -0.05) is 243 Å². The van der Waals surface area contributed by atoms with E-state index in [1.807, 2.05) is 0 Å². The topological polar surface area (TPSA) is 9.86 Å². The van der Waals surface area contributed by atoms with Crippen LogP contribution in [0.3, 0.4) is 0 Å². The predicted octanol–water partition coefficient (Wildman–Crippen LogP) is 20.7. The number of aromatic nitrogens is 2. The Kier molecular flexibility index (Phi) is 11.6. The van der Waals surface area contributed by atoms with Crippen molar-refractivity contribution >= 4 is 88.5 Å². The summed E-state index contributed by atoms with van der Waals surface area (Å²) in [6.07, 6.45) is 4.71. The molecule has 0 radical (unpaired) electrons. The van der Waals surface area contributed by atoms with E-state index in [4.69, 9.17) is 0 Å². The summed E-state index contributed by atoms with van der Waals surface area (Å²) in [5.41, 5.74) is 21.3. The van der Waals surface area contributed by atoms with E-state index in [0.717, 1.165) is 33.6 Å². The largest absolute Gasteiger partial charge is 0.309 e. The normalized spacial score (nSPS) is 12.2. The van der Waals surface area contributed by atoms with Gasteiger partial charge < -0.3 is 9.13 Å². The molecule has 15 rings (SSSR count). The molecular weight excluding hydrogens is 965 g/mol. The van der Waals surface area contributed by atoms with Gasteiger partial charge in [0.05, 0.1) is 22.1 Å². The van der Waals surface area contributed by atoms with Gasteiger partial charge in [0.25, 0.3) is 0 Å². The number of fused-ring (bicyclic) bond motifs is 8. The van der Waals surface area contributed by atoms with Crippen molar-refractivity contribution in [1.82, 2.24) is 9.13 Å². The minimum atomic E-state index is 1.16. The van der Waals surface area contributed by atoms with Crippen LogP contribution in [0.15, 0.2) is 303 Å². The van der Waals surface area contributed by atoms with Crippen molar-refractivity contribution in [3.63, 3.8) is 0 Å². The molecule has 0 aliphatic carbocycles. The summed E-state index contributed by atoms with van der Waals surface area (Å²) in [5.74, 6) is 0.